The van der Waals surface area contributed by atoms with Crippen molar-refractivity contribution in [2.45, 2.75) is 343 Å². The summed E-state index contributed by atoms with van der Waals surface area (Å²) in [6.07, 6.45) is 62.5. The third kappa shape index (κ3) is 41.5. The van der Waals surface area contributed by atoms with Crippen LogP contribution in [0.1, 0.15) is 239 Å². The third-order valence-electron chi connectivity index (χ3n) is 18.4. The van der Waals surface area contributed by atoms with Crippen LogP contribution in [0, 0.1) is 0 Å². The lowest BCUT2D eigenvalue weighted by Gasteiger charge is -2.48. The molecular formula is C83H137NO18. The van der Waals surface area contributed by atoms with E-state index in [-0.39, 0.29) is 18.9 Å². The molecule has 19 nitrogen and oxygen atoms in total. The van der Waals surface area contributed by atoms with E-state index in [4.69, 9.17) is 28.4 Å². The van der Waals surface area contributed by atoms with Gasteiger partial charge in [-0.1, -0.05) is 269 Å². The summed E-state index contributed by atoms with van der Waals surface area (Å²) in [5.74, 6) is -0.315. The fourth-order valence-corrected chi connectivity index (χ4v) is 12.1. The first kappa shape index (κ1) is 91.9. The van der Waals surface area contributed by atoms with Crippen molar-refractivity contribution in [2.24, 2.45) is 0 Å². The molecule has 17 atom stereocenters. The molecule has 3 aliphatic heterocycles. The zero-order valence-corrected chi connectivity index (χ0v) is 62.0. The van der Waals surface area contributed by atoms with Gasteiger partial charge in [0.15, 0.2) is 18.9 Å². The van der Waals surface area contributed by atoms with Gasteiger partial charge in [0.25, 0.3) is 0 Å². The molecule has 3 fully saturated rings. The molecular weight excluding hydrogens is 1300 g/mol. The smallest absolute Gasteiger partial charge is 0.220 e. The van der Waals surface area contributed by atoms with Crippen molar-refractivity contribution in [1.82, 2.24) is 5.32 Å². The first-order chi connectivity index (χ1) is 49.8. The molecule has 0 aromatic heterocycles. The van der Waals surface area contributed by atoms with Crippen LogP contribution < -0.4 is 5.32 Å². The van der Waals surface area contributed by atoms with E-state index in [1.165, 1.54) is 96.3 Å². The molecule has 582 valence electrons. The predicted molar refractivity (Wildman–Crippen MR) is 406 cm³/mol. The van der Waals surface area contributed by atoms with E-state index in [1.54, 1.807) is 6.08 Å². The molecule has 3 aliphatic rings. The van der Waals surface area contributed by atoms with Gasteiger partial charge in [-0.3, -0.25) is 4.79 Å². The molecule has 0 bridgehead atoms. The minimum absolute atomic E-state index is 0.196. The van der Waals surface area contributed by atoms with Gasteiger partial charge in [0.1, 0.15) is 73.2 Å². The highest BCUT2D eigenvalue weighted by molar-refractivity contribution is 5.76. The van der Waals surface area contributed by atoms with Gasteiger partial charge in [0.2, 0.25) is 5.91 Å². The van der Waals surface area contributed by atoms with E-state index in [2.05, 4.69) is 153 Å². The van der Waals surface area contributed by atoms with E-state index in [9.17, 15) is 61.0 Å². The summed E-state index contributed by atoms with van der Waals surface area (Å²) >= 11 is 0. The second kappa shape index (κ2) is 61.8. The Morgan fingerprint density at radius 2 is 0.686 bits per heavy atom. The second-order valence-corrected chi connectivity index (χ2v) is 27.1. The number of ether oxygens (including phenoxy) is 6. The highest BCUT2D eigenvalue weighted by Crippen LogP contribution is 2.33. The number of aliphatic hydroxyl groups is 11. The Morgan fingerprint density at radius 3 is 1.10 bits per heavy atom. The maximum atomic E-state index is 13.5. The highest BCUT2D eigenvalue weighted by atomic mass is 16.8. The molecule has 1 amide bonds. The molecule has 19 heteroatoms. The molecule has 0 radical (unpaired) electrons. The van der Waals surface area contributed by atoms with Crippen molar-refractivity contribution in [3.63, 3.8) is 0 Å². The van der Waals surface area contributed by atoms with Gasteiger partial charge < -0.3 is 89.9 Å². The second-order valence-electron chi connectivity index (χ2n) is 27.1. The van der Waals surface area contributed by atoms with Gasteiger partial charge in [-0.25, -0.2) is 0 Å². The fourth-order valence-electron chi connectivity index (χ4n) is 12.1. The monoisotopic (exact) mass is 1440 g/mol. The Balaban J connectivity index is 1.41. The van der Waals surface area contributed by atoms with Gasteiger partial charge in [-0.05, 0) is 109 Å². The van der Waals surface area contributed by atoms with Crippen LogP contribution in [-0.2, 0) is 33.2 Å². The molecule has 17 unspecified atom stereocenters. The van der Waals surface area contributed by atoms with Crippen molar-refractivity contribution in [3.8, 4) is 0 Å². The lowest BCUT2D eigenvalue weighted by molar-refractivity contribution is -0.379. The predicted octanol–water partition coefficient (Wildman–Crippen LogP) is 12.7. The number of hydrogen-bond acceptors (Lipinski definition) is 18. The number of allylic oxidation sites excluding steroid dienone is 23. The Bertz CT molecular complexity index is 2410. The summed E-state index contributed by atoms with van der Waals surface area (Å²) in [5.41, 5.74) is 0. The molecule has 0 spiro atoms. The molecule has 0 saturated carbocycles. The van der Waals surface area contributed by atoms with E-state index < -0.39 is 124 Å². The number of unbranched alkanes of at least 4 members (excludes halogenated alkanes) is 21. The quantitative estimate of drug-likeness (QED) is 0.0199. The van der Waals surface area contributed by atoms with Gasteiger partial charge in [-0.2, -0.15) is 0 Å². The number of carbonyl (C=O) groups is 1. The molecule has 12 N–H and O–H groups in total. The molecule has 3 rings (SSSR count). The van der Waals surface area contributed by atoms with E-state index >= 15 is 0 Å². The van der Waals surface area contributed by atoms with Crippen molar-refractivity contribution in [2.75, 3.05) is 26.4 Å². The fraction of sp³-hybridized carbons (Fsp3) is 0.699. The summed E-state index contributed by atoms with van der Waals surface area (Å²) in [5, 5.41) is 121. The summed E-state index contributed by atoms with van der Waals surface area (Å²) in [6, 6.07) is -1.02. The lowest BCUT2D eigenvalue weighted by Crippen LogP contribution is -2.66. The third-order valence-corrected chi connectivity index (χ3v) is 18.4. The van der Waals surface area contributed by atoms with Gasteiger partial charge in [0, 0.05) is 6.42 Å². The number of aliphatic hydroxyl groups excluding tert-OH is 11. The van der Waals surface area contributed by atoms with Crippen molar-refractivity contribution >= 4 is 5.91 Å². The number of amides is 1. The standard InChI is InChI=1S/C83H137NO18/c1-3-5-7-9-11-13-15-17-19-21-23-25-27-28-29-30-31-32-33-34-35-36-37-38-39-41-43-45-47-49-51-53-55-57-59-61-71(89)84-66(67(88)60-58-56-54-52-50-48-46-44-42-40-26-24-22-20-18-16-14-12-10-8-6-4-2)65-97-81-77(95)74(92)79(69(63-86)99-81)102-83-78(96)75(93)80(70(64-87)100-83)101-82-76(94)73(91)72(90)68(62-85)98-82/h5,7,11,13,17,19,23,25,28-29,31-32,34-35,37-38,41,43,47,49-50,52,58,60,66-70,72-83,85-88,90-96H,3-4,6,8-10,12,14-16,18,20-22,24,26-27,30,33,36,39-40,42,44-46,48,51,53-57,59,61-65H2,1-2H3,(H,84,89)/b7-5-,13-11-,19-17-,25-23-,29-28-,32-31-,35-34-,38-37-,43-41-,49-47-,52-50+,60-58+. The lowest BCUT2D eigenvalue weighted by atomic mass is 9.96. The molecule has 0 aromatic rings. The normalized spacial score (nSPS) is 27.0. The average Bonchev–Trinajstić information content (AvgIpc) is 0.781. The number of hydrogen-bond donors (Lipinski definition) is 12. The van der Waals surface area contributed by atoms with Crippen LogP contribution in [0.25, 0.3) is 0 Å². The van der Waals surface area contributed by atoms with E-state index in [0.29, 0.717) is 12.8 Å². The van der Waals surface area contributed by atoms with E-state index in [1.807, 2.05) is 6.08 Å². The maximum Gasteiger partial charge on any atom is 0.220 e. The average molecular weight is 1440 g/mol. The number of nitrogens with one attached hydrogen (secondary N) is 1. The Labute approximate surface area is 613 Å². The van der Waals surface area contributed by atoms with E-state index in [0.717, 1.165) is 109 Å². The minimum atomic E-state index is -1.99. The van der Waals surface area contributed by atoms with Crippen LogP contribution in [-0.4, -0.2) is 193 Å². The van der Waals surface area contributed by atoms with Gasteiger partial charge in [0.05, 0.1) is 38.6 Å². The topological polar surface area (TPSA) is 307 Å². The first-order valence-corrected chi connectivity index (χ1v) is 39.1. The van der Waals surface area contributed by atoms with Crippen LogP contribution in [0.3, 0.4) is 0 Å². The van der Waals surface area contributed by atoms with Gasteiger partial charge >= 0.3 is 0 Å². The van der Waals surface area contributed by atoms with Crippen LogP contribution in [0.5, 0.6) is 0 Å². The summed E-state index contributed by atoms with van der Waals surface area (Å²) in [4.78, 5) is 13.5. The molecule has 0 aromatic carbocycles. The zero-order chi connectivity index (χ0) is 73.9. The highest BCUT2D eigenvalue weighted by Gasteiger charge is 2.53. The SMILES string of the molecule is CC/C=C\C/C=C\C/C=C\C/C=C\C/C=C\C/C=C\C/C=C\C/C=C\C/C=C\C/C=C\CCCCCCC(=O)NC(COC1OC(CO)C(OC2OC(CO)C(OC3OC(CO)C(O)C(O)C3O)C(O)C2O)C(O)C1O)C(O)/C=C/CC/C=C/CCCCCCCCCCCCCCCCCC. The Kier molecular flexibility index (Phi) is 55.7. The van der Waals surface area contributed by atoms with Crippen LogP contribution in [0.4, 0.5) is 0 Å². The first-order valence-electron chi connectivity index (χ1n) is 39.1. The van der Waals surface area contributed by atoms with Crippen LogP contribution >= 0.6 is 0 Å². The Hall–Kier alpha value is -4.33. The molecule has 3 heterocycles. The van der Waals surface area contributed by atoms with Crippen molar-refractivity contribution in [1.29, 1.82) is 0 Å². The van der Waals surface area contributed by atoms with Crippen LogP contribution in [0.15, 0.2) is 146 Å². The Morgan fingerprint density at radius 1 is 0.363 bits per heavy atom. The summed E-state index contributed by atoms with van der Waals surface area (Å²) in [7, 11) is 0. The van der Waals surface area contributed by atoms with Crippen molar-refractivity contribution in [3.05, 3.63) is 146 Å². The molecule has 102 heavy (non-hydrogen) atoms. The minimum Gasteiger partial charge on any atom is -0.394 e. The summed E-state index contributed by atoms with van der Waals surface area (Å²) < 4.78 is 34.4. The maximum absolute atomic E-state index is 13.5. The molecule has 3 saturated heterocycles. The number of rotatable bonds is 59. The van der Waals surface area contributed by atoms with Gasteiger partial charge in [-0.15, -0.1) is 0 Å². The zero-order valence-electron chi connectivity index (χ0n) is 62.0. The summed E-state index contributed by atoms with van der Waals surface area (Å²) in [6.45, 7) is 1.58. The molecule has 0 aliphatic carbocycles. The van der Waals surface area contributed by atoms with Crippen LogP contribution in [0.2, 0.25) is 0 Å². The van der Waals surface area contributed by atoms with Crippen molar-refractivity contribution < 1.29 is 89.4 Å². The number of carbonyl (C=O) groups excluding carboxylic acids is 1. The largest absolute Gasteiger partial charge is 0.394 e.